The molecule has 5 heteroatoms. The van der Waals surface area contributed by atoms with Crippen molar-refractivity contribution in [2.75, 3.05) is 18.0 Å². The largest absolute Gasteiger partial charge is 0.356 e. The summed E-state index contributed by atoms with van der Waals surface area (Å²) >= 11 is 7.72. The summed E-state index contributed by atoms with van der Waals surface area (Å²) in [5.74, 6) is 1.80. The summed E-state index contributed by atoms with van der Waals surface area (Å²) in [5, 5.41) is 1.51. The molecule has 1 unspecified atom stereocenters. The Kier molecular flexibility index (Phi) is 3.16. The van der Waals surface area contributed by atoms with Crippen LogP contribution in [-0.4, -0.2) is 23.1 Å². The Morgan fingerprint density at radius 1 is 1.50 bits per heavy atom. The molecule has 0 spiro atoms. The fourth-order valence-electron chi connectivity index (χ4n) is 2.60. The first kappa shape index (κ1) is 12.2. The molecule has 3 nitrogen and oxygen atoms in total. The molecule has 0 N–H and O–H groups in total. The number of anilines is 1. The molecule has 0 aliphatic carbocycles. The fourth-order valence-corrected chi connectivity index (χ4v) is 3.69. The van der Waals surface area contributed by atoms with E-state index in [4.69, 9.17) is 11.6 Å². The minimum atomic E-state index is 0.360. The van der Waals surface area contributed by atoms with Crippen LogP contribution < -0.4 is 4.90 Å². The Morgan fingerprint density at radius 2 is 2.33 bits per heavy atom. The Labute approximate surface area is 116 Å². The normalized spacial score (nSPS) is 19.9. The zero-order valence-electron chi connectivity index (χ0n) is 10.6. The lowest BCUT2D eigenvalue weighted by atomic mass is 10.1. The summed E-state index contributed by atoms with van der Waals surface area (Å²) in [4.78, 5) is 13.4. The van der Waals surface area contributed by atoms with E-state index in [1.165, 1.54) is 17.7 Å². The average Bonchev–Trinajstić information content (AvgIpc) is 2.93. The van der Waals surface area contributed by atoms with Gasteiger partial charge in [0.05, 0.1) is 5.39 Å². The third-order valence-electron chi connectivity index (χ3n) is 3.63. The summed E-state index contributed by atoms with van der Waals surface area (Å²) in [6.45, 7) is 6.53. The highest BCUT2D eigenvalue weighted by Crippen LogP contribution is 2.34. The van der Waals surface area contributed by atoms with Gasteiger partial charge in [-0.15, -0.1) is 11.3 Å². The van der Waals surface area contributed by atoms with Crippen LogP contribution in [0.4, 0.5) is 5.82 Å². The number of aromatic nitrogens is 2. The Balaban J connectivity index is 2.05. The molecular formula is C13H16ClN3S. The van der Waals surface area contributed by atoms with Gasteiger partial charge in [-0.25, -0.2) is 4.98 Å². The van der Waals surface area contributed by atoms with Crippen molar-refractivity contribution in [2.24, 2.45) is 5.92 Å². The van der Waals surface area contributed by atoms with Crippen LogP contribution in [0.5, 0.6) is 0 Å². The highest BCUT2D eigenvalue weighted by molar-refractivity contribution is 7.18. The van der Waals surface area contributed by atoms with Gasteiger partial charge in [0.25, 0.3) is 0 Å². The molecule has 1 aliphatic rings. The molecule has 96 valence electrons. The Hall–Kier alpha value is -0.870. The van der Waals surface area contributed by atoms with E-state index in [-0.39, 0.29) is 0 Å². The van der Waals surface area contributed by atoms with Crippen LogP contribution in [0.3, 0.4) is 0 Å². The smallest absolute Gasteiger partial charge is 0.225 e. The number of halogens is 1. The minimum Gasteiger partial charge on any atom is -0.356 e. The first-order chi connectivity index (χ1) is 8.67. The molecule has 3 heterocycles. The predicted molar refractivity (Wildman–Crippen MR) is 77.8 cm³/mol. The molecule has 1 atom stereocenters. The average molecular weight is 282 g/mol. The number of thiophene rings is 1. The molecule has 0 radical (unpaired) electrons. The zero-order valence-corrected chi connectivity index (χ0v) is 12.2. The molecule has 1 aliphatic heterocycles. The molecule has 0 bridgehead atoms. The number of fused-ring (bicyclic) bond motifs is 1. The second-order valence-corrected chi connectivity index (χ2v) is 6.47. The first-order valence-electron chi connectivity index (χ1n) is 6.36. The number of aryl methyl sites for hydroxylation is 1. The van der Waals surface area contributed by atoms with E-state index in [0.717, 1.165) is 35.0 Å². The molecule has 2 aromatic heterocycles. The lowest BCUT2D eigenvalue weighted by Gasteiger charge is -2.18. The second kappa shape index (κ2) is 4.67. The topological polar surface area (TPSA) is 29.0 Å². The molecule has 1 fully saturated rings. The monoisotopic (exact) mass is 281 g/mol. The maximum absolute atomic E-state index is 6.04. The van der Waals surface area contributed by atoms with Crippen molar-refractivity contribution in [1.82, 2.24) is 9.97 Å². The van der Waals surface area contributed by atoms with Gasteiger partial charge in [0.2, 0.25) is 5.28 Å². The van der Waals surface area contributed by atoms with Crippen molar-refractivity contribution in [3.8, 4) is 0 Å². The van der Waals surface area contributed by atoms with Crippen molar-refractivity contribution >= 4 is 39.0 Å². The van der Waals surface area contributed by atoms with Gasteiger partial charge in [-0.2, -0.15) is 4.98 Å². The van der Waals surface area contributed by atoms with Gasteiger partial charge < -0.3 is 4.90 Å². The highest BCUT2D eigenvalue weighted by atomic mass is 35.5. The summed E-state index contributed by atoms with van der Waals surface area (Å²) in [7, 11) is 0. The van der Waals surface area contributed by atoms with Gasteiger partial charge in [-0.05, 0) is 36.9 Å². The number of nitrogens with zero attached hydrogens (tertiary/aromatic N) is 3. The van der Waals surface area contributed by atoms with Crippen LogP contribution in [0.25, 0.3) is 10.2 Å². The van der Waals surface area contributed by atoms with Gasteiger partial charge in [-0.3, -0.25) is 0 Å². The number of rotatable bonds is 2. The lowest BCUT2D eigenvalue weighted by Crippen LogP contribution is -2.21. The van der Waals surface area contributed by atoms with E-state index in [2.05, 4.69) is 34.8 Å². The van der Waals surface area contributed by atoms with Crippen molar-refractivity contribution in [3.63, 3.8) is 0 Å². The Morgan fingerprint density at radius 3 is 3.06 bits per heavy atom. The fraction of sp³-hybridized carbons (Fsp3) is 0.538. The van der Waals surface area contributed by atoms with E-state index in [0.29, 0.717) is 5.28 Å². The molecular weight excluding hydrogens is 266 g/mol. The van der Waals surface area contributed by atoms with E-state index >= 15 is 0 Å². The summed E-state index contributed by atoms with van der Waals surface area (Å²) in [5.41, 5.74) is 0. The minimum absolute atomic E-state index is 0.360. The zero-order chi connectivity index (χ0) is 12.7. The van der Waals surface area contributed by atoms with E-state index in [9.17, 15) is 0 Å². The summed E-state index contributed by atoms with van der Waals surface area (Å²) in [6.07, 6.45) is 2.49. The number of hydrogen-bond acceptors (Lipinski definition) is 4. The van der Waals surface area contributed by atoms with Gasteiger partial charge in [0.1, 0.15) is 10.6 Å². The van der Waals surface area contributed by atoms with Crippen molar-refractivity contribution < 1.29 is 0 Å². The first-order valence-corrected chi connectivity index (χ1v) is 7.55. The number of hydrogen-bond donors (Lipinski definition) is 0. The van der Waals surface area contributed by atoms with Gasteiger partial charge >= 0.3 is 0 Å². The summed E-state index contributed by atoms with van der Waals surface area (Å²) < 4.78 is 0. The molecule has 3 rings (SSSR count). The third kappa shape index (κ3) is 2.08. The van der Waals surface area contributed by atoms with Crippen LogP contribution >= 0.6 is 22.9 Å². The maximum Gasteiger partial charge on any atom is 0.225 e. The molecule has 1 saturated heterocycles. The van der Waals surface area contributed by atoms with E-state index in [1.807, 2.05) is 0 Å². The third-order valence-corrected chi connectivity index (χ3v) is 4.74. The predicted octanol–water partition coefficient (Wildman–Crippen LogP) is 3.89. The maximum atomic E-state index is 6.04. The quantitative estimate of drug-likeness (QED) is 0.782. The van der Waals surface area contributed by atoms with E-state index < -0.39 is 0 Å². The van der Waals surface area contributed by atoms with Crippen molar-refractivity contribution in [1.29, 1.82) is 0 Å². The lowest BCUT2D eigenvalue weighted by molar-refractivity contribution is 0.569. The van der Waals surface area contributed by atoms with Gasteiger partial charge in [0.15, 0.2) is 0 Å². The molecule has 0 aromatic carbocycles. The van der Waals surface area contributed by atoms with Crippen LogP contribution in [0.1, 0.15) is 24.6 Å². The standard InChI is InChI=1S/C13H16ClN3S/c1-3-9-4-5-17(7-9)11-10-6-8(2)18-12(10)16-13(14)15-11/h6,9H,3-5,7H2,1-2H3. The Bertz CT molecular complexity index is 581. The van der Waals surface area contributed by atoms with Gasteiger partial charge in [0, 0.05) is 18.0 Å². The van der Waals surface area contributed by atoms with Crippen molar-refractivity contribution in [3.05, 3.63) is 16.2 Å². The highest BCUT2D eigenvalue weighted by Gasteiger charge is 2.24. The molecule has 0 saturated carbocycles. The van der Waals surface area contributed by atoms with Crippen LogP contribution in [0.15, 0.2) is 6.07 Å². The second-order valence-electron chi connectivity index (χ2n) is 4.90. The SMILES string of the molecule is CCC1CCN(c2nc(Cl)nc3sc(C)cc23)C1. The van der Waals surface area contributed by atoms with Crippen LogP contribution in [0, 0.1) is 12.8 Å². The molecule has 2 aromatic rings. The van der Waals surface area contributed by atoms with Gasteiger partial charge in [-0.1, -0.05) is 13.3 Å². The summed E-state index contributed by atoms with van der Waals surface area (Å²) in [6, 6.07) is 2.17. The van der Waals surface area contributed by atoms with Crippen LogP contribution in [0.2, 0.25) is 5.28 Å². The molecule has 0 amide bonds. The van der Waals surface area contributed by atoms with Crippen LogP contribution in [-0.2, 0) is 0 Å². The van der Waals surface area contributed by atoms with E-state index in [1.54, 1.807) is 11.3 Å². The molecule has 18 heavy (non-hydrogen) atoms. The van der Waals surface area contributed by atoms with Crippen molar-refractivity contribution in [2.45, 2.75) is 26.7 Å².